The molecule has 0 unspecified atom stereocenters. The zero-order valence-corrected chi connectivity index (χ0v) is 21.1. The second-order valence-corrected chi connectivity index (χ2v) is 9.03. The molecule has 0 bridgehead atoms. The van der Waals surface area contributed by atoms with E-state index >= 15 is 0 Å². The first-order chi connectivity index (χ1) is 16.4. The molecule has 0 spiro atoms. The summed E-state index contributed by atoms with van der Waals surface area (Å²) in [6.45, 7) is 2.26. The summed E-state index contributed by atoms with van der Waals surface area (Å²) in [6, 6.07) is 22.5. The second-order valence-electron chi connectivity index (χ2n) is 8.21. The molecule has 3 rings (SSSR count). The number of nitrogens with zero attached hydrogens (tertiary/aromatic N) is 1. The minimum absolute atomic E-state index is 0.125. The Kier molecular flexibility index (Phi) is 9.55. The van der Waals surface area contributed by atoms with Gasteiger partial charge in [0.2, 0.25) is 11.8 Å². The number of carbonyl (C=O) groups is 2. The Morgan fingerprint density at radius 2 is 1.47 bits per heavy atom. The van der Waals surface area contributed by atoms with Crippen molar-refractivity contribution in [3.8, 4) is 0 Å². The maximum absolute atomic E-state index is 13.6. The fraction of sp³-hybridized carbons (Fsp3) is 0.286. The highest BCUT2D eigenvalue weighted by Crippen LogP contribution is 2.27. The molecular formula is C28H30Cl2N2O2. The number of nitrogens with one attached hydrogen (secondary N) is 1. The lowest BCUT2D eigenvalue weighted by Gasteiger charge is -2.32. The Bertz CT molecular complexity index is 1080. The van der Waals surface area contributed by atoms with Gasteiger partial charge in [-0.2, -0.15) is 0 Å². The van der Waals surface area contributed by atoms with E-state index in [4.69, 9.17) is 23.2 Å². The van der Waals surface area contributed by atoms with Crippen molar-refractivity contribution in [3.05, 3.63) is 105 Å². The molecule has 178 valence electrons. The zero-order chi connectivity index (χ0) is 24.5. The quantitative estimate of drug-likeness (QED) is 0.381. The van der Waals surface area contributed by atoms with Crippen molar-refractivity contribution in [2.75, 3.05) is 7.05 Å². The number of aryl methyl sites for hydroxylation is 2. The van der Waals surface area contributed by atoms with Gasteiger partial charge in [0.05, 0.1) is 0 Å². The summed E-state index contributed by atoms with van der Waals surface area (Å²) < 4.78 is 0. The first kappa shape index (κ1) is 25.8. The van der Waals surface area contributed by atoms with Crippen molar-refractivity contribution >= 4 is 35.0 Å². The average Bonchev–Trinajstić information content (AvgIpc) is 2.86. The minimum Gasteiger partial charge on any atom is -0.357 e. The van der Waals surface area contributed by atoms with E-state index in [2.05, 4.69) is 36.5 Å². The van der Waals surface area contributed by atoms with Gasteiger partial charge in [0.25, 0.3) is 0 Å². The second kappa shape index (κ2) is 12.6. The SMILES string of the molecule is CCc1ccc(CCC(=O)N(Cc2c(Cl)cccc2Cl)[C@H](Cc2ccccc2)C(=O)NC)cc1. The molecule has 0 aliphatic heterocycles. The molecule has 0 aliphatic carbocycles. The maximum atomic E-state index is 13.6. The summed E-state index contributed by atoms with van der Waals surface area (Å²) in [7, 11) is 1.58. The molecule has 4 nitrogen and oxygen atoms in total. The van der Waals surface area contributed by atoms with Gasteiger partial charge in [-0.3, -0.25) is 9.59 Å². The fourth-order valence-electron chi connectivity index (χ4n) is 3.91. The van der Waals surface area contributed by atoms with E-state index in [1.807, 2.05) is 30.3 Å². The molecule has 1 atom stereocenters. The Hall–Kier alpha value is -2.82. The number of likely N-dealkylation sites (N-methyl/N-ethyl adjacent to an activating group) is 1. The third-order valence-corrected chi connectivity index (χ3v) is 6.67. The number of halogens is 2. The Balaban J connectivity index is 1.90. The summed E-state index contributed by atoms with van der Waals surface area (Å²) in [5, 5.41) is 3.66. The molecule has 3 aromatic rings. The molecule has 3 aromatic carbocycles. The number of amides is 2. The number of hydrogen-bond donors (Lipinski definition) is 1. The third-order valence-electron chi connectivity index (χ3n) is 5.97. The predicted octanol–water partition coefficient (Wildman–Crippen LogP) is 5.87. The van der Waals surface area contributed by atoms with Crippen molar-refractivity contribution in [2.24, 2.45) is 0 Å². The average molecular weight is 497 g/mol. The summed E-state index contributed by atoms with van der Waals surface area (Å²) in [5.41, 5.74) is 3.94. The van der Waals surface area contributed by atoms with Crippen LogP contribution in [-0.2, 0) is 35.4 Å². The van der Waals surface area contributed by atoms with Crippen LogP contribution in [0.3, 0.4) is 0 Å². The van der Waals surface area contributed by atoms with E-state index in [1.165, 1.54) is 5.56 Å². The lowest BCUT2D eigenvalue weighted by atomic mass is 10.0. The molecule has 0 aliphatic rings. The lowest BCUT2D eigenvalue weighted by Crippen LogP contribution is -2.49. The van der Waals surface area contributed by atoms with Gasteiger partial charge in [-0.1, -0.05) is 90.8 Å². The number of benzene rings is 3. The molecule has 34 heavy (non-hydrogen) atoms. The molecule has 0 radical (unpaired) electrons. The molecule has 1 N–H and O–H groups in total. The van der Waals surface area contributed by atoms with E-state index in [9.17, 15) is 9.59 Å². The van der Waals surface area contributed by atoms with E-state index in [1.54, 1.807) is 30.1 Å². The smallest absolute Gasteiger partial charge is 0.242 e. The third kappa shape index (κ3) is 6.85. The van der Waals surface area contributed by atoms with Crippen LogP contribution in [0.4, 0.5) is 0 Å². The van der Waals surface area contributed by atoms with Gasteiger partial charge in [-0.25, -0.2) is 0 Å². The highest BCUT2D eigenvalue weighted by molar-refractivity contribution is 6.36. The monoisotopic (exact) mass is 496 g/mol. The standard InChI is InChI=1S/C28H30Cl2N2O2/c1-3-20-12-14-21(15-13-20)16-17-27(33)32(19-23-24(29)10-7-11-25(23)30)26(28(34)31-2)18-22-8-5-4-6-9-22/h4-15,26H,3,16-19H2,1-2H3,(H,31,34)/t26-/m1/s1. The molecule has 0 aromatic heterocycles. The normalized spacial score (nSPS) is 11.6. The molecule has 0 fully saturated rings. The first-order valence-electron chi connectivity index (χ1n) is 11.5. The van der Waals surface area contributed by atoms with Gasteiger partial charge in [0.1, 0.15) is 6.04 Å². The van der Waals surface area contributed by atoms with Crippen LogP contribution < -0.4 is 5.32 Å². The van der Waals surface area contributed by atoms with Gasteiger partial charge < -0.3 is 10.2 Å². The number of hydrogen-bond acceptors (Lipinski definition) is 2. The van der Waals surface area contributed by atoms with Crippen LogP contribution >= 0.6 is 23.2 Å². The van der Waals surface area contributed by atoms with E-state index < -0.39 is 6.04 Å². The van der Waals surface area contributed by atoms with Crippen molar-refractivity contribution in [3.63, 3.8) is 0 Å². The minimum atomic E-state index is -0.699. The number of carbonyl (C=O) groups excluding carboxylic acids is 2. The molecule has 0 saturated heterocycles. The van der Waals surface area contributed by atoms with Gasteiger partial charge >= 0.3 is 0 Å². The van der Waals surface area contributed by atoms with Crippen LogP contribution in [0.1, 0.15) is 35.6 Å². The van der Waals surface area contributed by atoms with Gasteiger partial charge in [0.15, 0.2) is 0 Å². The Morgan fingerprint density at radius 1 is 0.853 bits per heavy atom. The van der Waals surface area contributed by atoms with Gasteiger partial charge in [-0.15, -0.1) is 0 Å². The van der Waals surface area contributed by atoms with Crippen LogP contribution in [0.5, 0.6) is 0 Å². The van der Waals surface area contributed by atoms with Crippen LogP contribution in [0.2, 0.25) is 10.0 Å². The first-order valence-corrected chi connectivity index (χ1v) is 12.2. The molecule has 6 heteroatoms. The zero-order valence-electron chi connectivity index (χ0n) is 19.6. The van der Waals surface area contributed by atoms with Crippen molar-refractivity contribution in [2.45, 2.75) is 45.2 Å². The molecule has 0 heterocycles. The van der Waals surface area contributed by atoms with Crippen LogP contribution in [0, 0.1) is 0 Å². The molecule has 0 saturated carbocycles. The van der Waals surface area contributed by atoms with Gasteiger partial charge in [-0.05, 0) is 41.7 Å². The topological polar surface area (TPSA) is 49.4 Å². The highest BCUT2D eigenvalue weighted by Gasteiger charge is 2.30. The van der Waals surface area contributed by atoms with E-state index in [0.717, 1.165) is 17.5 Å². The summed E-state index contributed by atoms with van der Waals surface area (Å²) in [5.74, 6) is -0.354. The predicted molar refractivity (Wildman–Crippen MR) is 139 cm³/mol. The van der Waals surface area contributed by atoms with Gasteiger partial charge in [0, 0.05) is 42.0 Å². The summed E-state index contributed by atoms with van der Waals surface area (Å²) in [6.07, 6.45) is 2.22. The number of rotatable bonds is 10. The molecular weight excluding hydrogens is 467 g/mol. The summed E-state index contributed by atoms with van der Waals surface area (Å²) in [4.78, 5) is 28.2. The highest BCUT2D eigenvalue weighted by atomic mass is 35.5. The Morgan fingerprint density at radius 3 is 2.06 bits per heavy atom. The largest absolute Gasteiger partial charge is 0.357 e. The lowest BCUT2D eigenvalue weighted by molar-refractivity contribution is -0.141. The van der Waals surface area contributed by atoms with Crippen molar-refractivity contribution < 1.29 is 9.59 Å². The van der Waals surface area contributed by atoms with Crippen LogP contribution in [0.15, 0.2) is 72.8 Å². The van der Waals surface area contributed by atoms with Crippen LogP contribution in [0.25, 0.3) is 0 Å². The maximum Gasteiger partial charge on any atom is 0.242 e. The van der Waals surface area contributed by atoms with E-state index in [0.29, 0.717) is 28.5 Å². The van der Waals surface area contributed by atoms with E-state index in [-0.39, 0.29) is 24.8 Å². The summed E-state index contributed by atoms with van der Waals surface area (Å²) >= 11 is 12.9. The van der Waals surface area contributed by atoms with Crippen molar-refractivity contribution in [1.82, 2.24) is 10.2 Å². The Labute approximate surface area is 211 Å². The fourth-order valence-corrected chi connectivity index (χ4v) is 4.43. The van der Waals surface area contributed by atoms with Crippen molar-refractivity contribution in [1.29, 1.82) is 0 Å². The van der Waals surface area contributed by atoms with Crippen LogP contribution in [-0.4, -0.2) is 29.8 Å². The molecule has 2 amide bonds.